The molecule has 4 atom stereocenters. The summed E-state index contributed by atoms with van der Waals surface area (Å²) in [6.45, 7) is 10.9. The molecule has 1 fully saturated rings. The zero-order valence-electron chi connectivity index (χ0n) is 20.6. The maximum Gasteiger partial charge on any atom is 0.408 e. The Morgan fingerprint density at radius 1 is 1.00 bits per heavy atom. The van der Waals surface area contributed by atoms with Crippen molar-refractivity contribution in [1.82, 2.24) is 16.0 Å². The van der Waals surface area contributed by atoms with Crippen molar-refractivity contribution in [3.05, 3.63) is 0 Å². The van der Waals surface area contributed by atoms with Gasteiger partial charge in [0.1, 0.15) is 11.6 Å². The molecule has 5 N–H and O–H groups in total. The van der Waals surface area contributed by atoms with E-state index in [-0.39, 0.29) is 29.6 Å². The summed E-state index contributed by atoms with van der Waals surface area (Å²) in [6, 6.07) is -2.04. The fourth-order valence-electron chi connectivity index (χ4n) is 3.78. The van der Waals surface area contributed by atoms with E-state index in [2.05, 4.69) is 16.0 Å². The van der Waals surface area contributed by atoms with Crippen LogP contribution in [0.3, 0.4) is 0 Å². The van der Waals surface area contributed by atoms with Crippen molar-refractivity contribution in [2.75, 3.05) is 6.54 Å². The van der Waals surface area contributed by atoms with Crippen molar-refractivity contribution in [2.45, 2.75) is 97.4 Å². The number of carbonyl (C=O) groups excluding carboxylic acids is 3. The first-order valence-corrected chi connectivity index (χ1v) is 11.7. The Bertz CT molecular complexity index is 682. The van der Waals surface area contributed by atoms with Gasteiger partial charge in [0.15, 0.2) is 6.04 Å². The Hall–Kier alpha value is -2.36. The number of amides is 3. The molecule has 1 saturated carbocycles. The molecule has 1 aliphatic carbocycles. The molecule has 1 aliphatic rings. The summed E-state index contributed by atoms with van der Waals surface area (Å²) >= 11 is 0. The molecule has 0 aromatic rings. The quantitative estimate of drug-likeness (QED) is 0.325. The second-order valence-electron chi connectivity index (χ2n) is 10.0. The molecule has 0 saturated heterocycles. The fourth-order valence-corrected chi connectivity index (χ4v) is 3.78. The number of aliphatic carboxylic acids is 1. The molecule has 190 valence electrons. The van der Waals surface area contributed by atoms with Crippen LogP contribution in [0.5, 0.6) is 0 Å². The first kappa shape index (κ1) is 28.7. The van der Waals surface area contributed by atoms with Crippen molar-refractivity contribution in [2.24, 2.45) is 17.8 Å². The second-order valence-corrected chi connectivity index (χ2v) is 10.0. The smallest absolute Gasteiger partial charge is 0.408 e. The van der Waals surface area contributed by atoms with Crippen LogP contribution < -0.4 is 16.0 Å². The molecule has 0 aliphatic heterocycles. The lowest BCUT2D eigenvalue weighted by Crippen LogP contribution is -2.52. The highest BCUT2D eigenvalue weighted by atomic mass is 16.6. The third kappa shape index (κ3) is 9.98. The molecule has 0 aromatic carbocycles. The lowest BCUT2D eigenvalue weighted by molar-refractivity contribution is -0.145. The van der Waals surface area contributed by atoms with E-state index in [4.69, 9.17) is 9.84 Å². The summed E-state index contributed by atoms with van der Waals surface area (Å²) in [5, 5.41) is 26.7. The zero-order valence-corrected chi connectivity index (χ0v) is 20.6. The van der Waals surface area contributed by atoms with Crippen LogP contribution in [0.25, 0.3) is 0 Å². The number of carboxylic acid groups (broad SMARTS) is 1. The first-order chi connectivity index (χ1) is 15.2. The van der Waals surface area contributed by atoms with Gasteiger partial charge in [0.25, 0.3) is 0 Å². The minimum absolute atomic E-state index is 0.0759. The van der Waals surface area contributed by atoms with Crippen LogP contribution >= 0.6 is 0 Å². The standard InChI is InChI=1S/C23H41N3O7/c1-7-13(2)17(26-22(32)33-23(4,5)6)20(29)24-12-15-8-10-16(11-9-15)19(28)25-18(14(3)27)21(30)31/h13-18,27H,7-12H2,1-6H3,(H,24,29)(H,25,28)(H,26,32)(H,30,31)/t13-,14-,15?,16?,17+,18-/m1/s1. The fraction of sp³-hybridized carbons (Fsp3) is 0.826. The first-order valence-electron chi connectivity index (χ1n) is 11.7. The summed E-state index contributed by atoms with van der Waals surface area (Å²) in [6.07, 6.45) is 1.44. The van der Waals surface area contributed by atoms with Crippen LogP contribution in [0, 0.1) is 17.8 Å². The van der Waals surface area contributed by atoms with Gasteiger partial charge in [0.05, 0.1) is 6.10 Å². The van der Waals surface area contributed by atoms with Gasteiger partial charge in [0, 0.05) is 12.5 Å². The lowest BCUT2D eigenvalue weighted by atomic mass is 9.81. The Morgan fingerprint density at radius 3 is 2.03 bits per heavy atom. The van der Waals surface area contributed by atoms with Gasteiger partial charge in [-0.1, -0.05) is 20.3 Å². The van der Waals surface area contributed by atoms with Crippen LogP contribution in [0.4, 0.5) is 4.79 Å². The number of rotatable bonds is 10. The van der Waals surface area contributed by atoms with Gasteiger partial charge in [-0.2, -0.15) is 0 Å². The minimum atomic E-state index is -1.33. The molecule has 1 rings (SSSR count). The maximum absolute atomic E-state index is 12.8. The molecule has 3 amide bonds. The van der Waals surface area contributed by atoms with Gasteiger partial charge in [-0.3, -0.25) is 9.59 Å². The van der Waals surface area contributed by atoms with E-state index in [1.165, 1.54) is 6.92 Å². The van der Waals surface area contributed by atoms with Gasteiger partial charge in [-0.15, -0.1) is 0 Å². The molecule has 0 heterocycles. The van der Waals surface area contributed by atoms with E-state index < -0.39 is 35.9 Å². The molecule has 0 spiro atoms. The van der Waals surface area contributed by atoms with Crippen molar-refractivity contribution in [3.8, 4) is 0 Å². The van der Waals surface area contributed by atoms with Crippen LogP contribution in [0.2, 0.25) is 0 Å². The number of hydrogen-bond donors (Lipinski definition) is 5. The SMILES string of the molecule is CC[C@@H](C)[C@H](NC(=O)OC(C)(C)C)C(=O)NCC1CCC(C(=O)N[C@@H](C(=O)O)[C@@H](C)O)CC1. The normalized spacial score (nSPS) is 22.3. The molecule has 33 heavy (non-hydrogen) atoms. The van der Waals surface area contributed by atoms with E-state index in [9.17, 15) is 24.3 Å². The van der Waals surface area contributed by atoms with Crippen LogP contribution in [0.1, 0.15) is 73.6 Å². The summed E-state index contributed by atoms with van der Waals surface area (Å²) in [7, 11) is 0. The average molecular weight is 472 g/mol. The Kier molecular flexibility index (Phi) is 11.1. The number of hydrogen-bond acceptors (Lipinski definition) is 6. The van der Waals surface area contributed by atoms with Crippen LogP contribution in [-0.4, -0.2) is 64.4 Å². The van der Waals surface area contributed by atoms with E-state index in [0.717, 1.165) is 0 Å². The van der Waals surface area contributed by atoms with Gasteiger partial charge in [-0.05, 0) is 65.2 Å². The molecule has 0 bridgehead atoms. The topological polar surface area (TPSA) is 154 Å². The van der Waals surface area contributed by atoms with E-state index in [0.29, 0.717) is 38.6 Å². The molecular formula is C23H41N3O7. The minimum Gasteiger partial charge on any atom is -0.480 e. The number of ether oxygens (including phenoxy) is 1. The highest BCUT2D eigenvalue weighted by molar-refractivity contribution is 5.86. The predicted molar refractivity (Wildman–Crippen MR) is 122 cm³/mol. The van der Waals surface area contributed by atoms with Crippen molar-refractivity contribution in [1.29, 1.82) is 0 Å². The highest BCUT2D eigenvalue weighted by Gasteiger charge is 2.32. The van der Waals surface area contributed by atoms with Crippen LogP contribution in [-0.2, 0) is 19.1 Å². The molecule has 10 heteroatoms. The molecule has 0 radical (unpaired) electrons. The number of alkyl carbamates (subject to hydrolysis) is 1. The number of aliphatic hydroxyl groups excluding tert-OH is 1. The Morgan fingerprint density at radius 2 is 1.58 bits per heavy atom. The van der Waals surface area contributed by atoms with Crippen molar-refractivity contribution in [3.63, 3.8) is 0 Å². The predicted octanol–water partition coefficient (Wildman–Crippen LogP) is 1.80. The number of carbonyl (C=O) groups is 4. The Balaban J connectivity index is 2.55. The molecule has 10 nitrogen and oxygen atoms in total. The number of nitrogens with one attached hydrogen (secondary N) is 3. The van der Waals surface area contributed by atoms with E-state index in [1.807, 2.05) is 13.8 Å². The third-order valence-corrected chi connectivity index (χ3v) is 6.00. The monoisotopic (exact) mass is 471 g/mol. The van der Waals surface area contributed by atoms with Gasteiger partial charge >= 0.3 is 12.1 Å². The second kappa shape index (κ2) is 12.8. The number of aliphatic hydroxyl groups is 1. The molecular weight excluding hydrogens is 430 g/mol. The van der Waals surface area contributed by atoms with E-state index >= 15 is 0 Å². The number of carboxylic acids is 1. The highest BCUT2D eigenvalue weighted by Crippen LogP contribution is 2.28. The van der Waals surface area contributed by atoms with Gasteiger partial charge in [-0.25, -0.2) is 9.59 Å². The van der Waals surface area contributed by atoms with Crippen molar-refractivity contribution >= 4 is 23.9 Å². The summed E-state index contributed by atoms with van der Waals surface area (Å²) < 4.78 is 5.28. The van der Waals surface area contributed by atoms with Gasteiger partial charge in [0.2, 0.25) is 11.8 Å². The zero-order chi connectivity index (χ0) is 25.3. The lowest BCUT2D eigenvalue weighted by Gasteiger charge is -2.30. The molecule has 0 aromatic heterocycles. The van der Waals surface area contributed by atoms with Crippen molar-refractivity contribution < 1.29 is 34.1 Å². The molecule has 0 unspecified atom stereocenters. The van der Waals surface area contributed by atoms with E-state index in [1.54, 1.807) is 20.8 Å². The third-order valence-electron chi connectivity index (χ3n) is 6.00. The average Bonchev–Trinajstić information content (AvgIpc) is 2.72. The van der Waals surface area contributed by atoms with Crippen LogP contribution in [0.15, 0.2) is 0 Å². The summed E-state index contributed by atoms with van der Waals surface area (Å²) in [5.41, 5.74) is -0.662. The Labute approximate surface area is 196 Å². The summed E-state index contributed by atoms with van der Waals surface area (Å²) in [4.78, 5) is 48.5. The largest absolute Gasteiger partial charge is 0.480 e. The summed E-state index contributed by atoms with van der Waals surface area (Å²) in [5.74, 6) is -2.12. The van der Waals surface area contributed by atoms with Gasteiger partial charge < -0.3 is 30.9 Å². The maximum atomic E-state index is 12.8.